The number of nitrogens with zero attached hydrogens (tertiary/aromatic N) is 4. The average Bonchev–Trinajstić information content (AvgIpc) is 3.21. The molecular formula is C18H20N4O. The van der Waals surface area contributed by atoms with Crippen molar-refractivity contribution in [2.24, 2.45) is 0 Å². The lowest BCUT2D eigenvalue weighted by molar-refractivity contribution is 0.153. The van der Waals surface area contributed by atoms with Crippen LogP contribution in [0.15, 0.2) is 48.9 Å². The van der Waals surface area contributed by atoms with Gasteiger partial charge in [-0.05, 0) is 24.9 Å². The van der Waals surface area contributed by atoms with Crippen molar-refractivity contribution in [1.82, 2.24) is 19.5 Å². The van der Waals surface area contributed by atoms with Gasteiger partial charge in [0.1, 0.15) is 0 Å². The van der Waals surface area contributed by atoms with Crippen molar-refractivity contribution in [2.75, 3.05) is 13.2 Å². The van der Waals surface area contributed by atoms with Gasteiger partial charge in [-0.25, -0.2) is 9.50 Å². The van der Waals surface area contributed by atoms with Crippen LogP contribution in [0.3, 0.4) is 0 Å². The molecular weight excluding hydrogens is 288 g/mol. The van der Waals surface area contributed by atoms with Gasteiger partial charge in [-0.1, -0.05) is 30.3 Å². The zero-order valence-corrected chi connectivity index (χ0v) is 13.0. The number of hydrogen-bond acceptors (Lipinski definition) is 4. The molecule has 3 heterocycles. The summed E-state index contributed by atoms with van der Waals surface area (Å²) < 4.78 is 1.85. The zero-order valence-electron chi connectivity index (χ0n) is 13.0. The number of aliphatic hydroxyl groups is 1. The molecule has 1 aromatic carbocycles. The SMILES string of the molecule is OCC1CCCN1Cc1cnc2c(-c3ccccc3)cnn2c1. The highest BCUT2D eigenvalue weighted by Gasteiger charge is 2.23. The molecule has 23 heavy (non-hydrogen) atoms. The smallest absolute Gasteiger partial charge is 0.162 e. The van der Waals surface area contributed by atoms with Crippen LogP contribution < -0.4 is 0 Å². The van der Waals surface area contributed by atoms with Crippen molar-refractivity contribution in [3.63, 3.8) is 0 Å². The molecule has 1 unspecified atom stereocenters. The van der Waals surface area contributed by atoms with Crippen LogP contribution in [0.25, 0.3) is 16.8 Å². The number of aliphatic hydroxyl groups excluding tert-OH is 1. The minimum atomic E-state index is 0.232. The molecule has 1 aliphatic heterocycles. The normalized spacial score (nSPS) is 18.7. The van der Waals surface area contributed by atoms with E-state index in [-0.39, 0.29) is 12.6 Å². The third-order valence-electron chi connectivity index (χ3n) is 4.59. The molecule has 1 atom stereocenters. The van der Waals surface area contributed by atoms with E-state index in [2.05, 4.69) is 27.1 Å². The molecule has 118 valence electrons. The van der Waals surface area contributed by atoms with Crippen molar-refractivity contribution in [3.05, 3.63) is 54.5 Å². The molecule has 0 amide bonds. The second kappa shape index (κ2) is 6.10. The second-order valence-corrected chi connectivity index (χ2v) is 6.10. The Morgan fingerprint density at radius 3 is 2.87 bits per heavy atom. The second-order valence-electron chi connectivity index (χ2n) is 6.10. The van der Waals surface area contributed by atoms with E-state index >= 15 is 0 Å². The van der Waals surface area contributed by atoms with E-state index in [1.165, 1.54) is 0 Å². The van der Waals surface area contributed by atoms with Crippen molar-refractivity contribution in [3.8, 4) is 11.1 Å². The lowest BCUT2D eigenvalue weighted by atomic mass is 10.1. The first-order valence-electron chi connectivity index (χ1n) is 8.08. The fraction of sp³-hybridized carbons (Fsp3) is 0.333. The predicted molar refractivity (Wildman–Crippen MR) is 88.9 cm³/mol. The molecule has 0 radical (unpaired) electrons. The molecule has 2 aromatic heterocycles. The largest absolute Gasteiger partial charge is 0.395 e. The van der Waals surface area contributed by atoms with Crippen LogP contribution in [0.4, 0.5) is 0 Å². The first kappa shape index (κ1) is 14.4. The Hall–Kier alpha value is -2.24. The highest BCUT2D eigenvalue weighted by Crippen LogP contribution is 2.24. The van der Waals surface area contributed by atoms with Crippen LogP contribution in [0.1, 0.15) is 18.4 Å². The summed E-state index contributed by atoms with van der Waals surface area (Å²) in [6, 6.07) is 10.5. The molecule has 5 heteroatoms. The lowest BCUT2D eigenvalue weighted by Gasteiger charge is -2.22. The number of likely N-dealkylation sites (tertiary alicyclic amines) is 1. The van der Waals surface area contributed by atoms with Crippen LogP contribution in [0.2, 0.25) is 0 Å². The first-order valence-corrected chi connectivity index (χ1v) is 8.08. The molecule has 0 aliphatic carbocycles. The molecule has 1 aliphatic rings. The summed E-state index contributed by atoms with van der Waals surface area (Å²) in [5, 5.41) is 13.9. The third kappa shape index (κ3) is 2.73. The van der Waals surface area contributed by atoms with Gasteiger partial charge in [0.15, 0.2) is 5.65 Å². The quantitative estimate of drug-likeness (QED) is 0.804. The summed E-state index contributed by atoms with van der Waals surface area (Å²) in [5.74, 6) is 0. The van der Waals surface area contributed by atoms with E-state index in [1.807, 2.05) is 41.3 Å². The number of fused-ring (bicyclic) bond motifs is 1. The summed E-state index contributed by atoms with van der Waals surface area (Å²) in [5.41, 5.74) is 4.18. The van der Waals surface area contributed by atoms with Crippen LogP contribution in [-0.2, 0) is 6.54 Å². The van der Waals surface area contributed by atoms with E-state index in [4.69, 9.17) is 0 Å². The Bertz CT molecular complexity index is 799. The molecule has 1 saturated heterocycles. The van der Waals surface area contributed by atoms with Crippen molar-refractivity contribution < 1.29 is 5.11 Å². The van der Waals surface area contributed by atoms with Crippen molar-refractivity contribution in [2.45, 2.75) is 25.4 Å². The molecule has 5 nitrogen and oxygen atoms in total. The maximum absolute atomic E-state index is 9.44. The Balaban J connectivity index is 1.62. The number of benzene rings is 1. The average molecular weight is 308 g/mol. The van der Waals surface area contributed by atoms with Gasteiger partial charge < -0.3 is 5.11 Å². The summed E-state index contributed by atoms with van der Waals surface area (Å²) >= 11 is 0. The van der Waals surface area contributed by atoms with Gasteiger partial charge in [0.25, 0.3) is 0 Å². The topological polar surface area (TPSA) is 53.7 Å². The van der Waals surface area contributed by atoms with E-state index in [9.17, 15) is 5.11 Å². The third-order valence-corrected chi connectivity index (χ3v) is 4.59. The Labute approximate surface area is 135 Å². The van der Waals surface area contributed by atoms with Crippen molar-refractivity contribution in [1.29, 1.82) is 0 Å². The Morgan fingerprint density at radius 1 is 1.17 bits per heavy atom. The van der Waals surface area contributed by atoms with Crippen LogP contribution in [0, 0.1) is 0 Å². The molecule has 0 saturated carbocycles. The maximum Gasteiger partial charge on any atom is 0.162 e. The van der Waals surface area contributed by atoms with E-state index in [1.54, 1.807) is 0 Å². The minimum absolute atomic E-state index is 0.232. The molecule has 0 bridgehead atoms. The Kier molecular flexibility index (Phi) is 3.81. The summed E-state index contributed by atoms with van der Waals surface area (Å²) in [4.78, 5) is 6.95. The van der Waals surface area contributed by atoms with Crippen LogP contribution >= 0.6 is 0 Å². The standard InChI is InChI=1S/C18H20N4O/c23-13-16-7-4-8-21(16)11-14-9-19-18-17(10-20-22(18)12-14)15-5-2-1-3-6-15/h1-3,5-6,9-10,12,16,23H,4,7-8,11,13H2. The molecule has 3 aromatic rings. The molecule has 0 spiro atoms. The number of aromatic nitrogens is 3. The van der Waals surface area contributed by atoms with Gasteiger partial charge >= 0.3 is 0 Å². The first-order chi connectivity index (χ1) is 11.3. The minimum Gasteiger partial charge on any atom is -0.395 e. The zero-order chi connectivity index (χ0) is 15.6. The molecule has 1 fully saturated rings. The Morgan fingerprint density at radius 2 is 2.04 bits per heavy atom. The summed E-state index contributed by atoms with van der Waals surface area (Å²) in [6.45, 7) is 2.09. The highest BCUT2D eigenvalue weighted by atomic mass is 16.3. The van der Waals surface area contributed by atoms with Gasteiger partial charge in [0, 0.05) is 36.1 Å². The van der Waals surface area contributed by atoms with Crippen molar-refractivity contribution >= 4 is 5.65 Å². The summed E-state index contributed by atoms with van der Waals surface area (Å²) in [7, 11) is 0. The van der Waals surface area contributed by atoms with Gasteiger partial charge in [0.05, 0.1) is 12.8 Å². The fourth-order valence-corrected chi connectivity index (χ4v) is 3.36. The maximum atomic E-state index is 9.44. The summed E-state index contributed by atoms with van der Waals surface area (Å²) in [6.07, 6.45) is 8.07. The van der Waals surface area contributed by atoms with Gasteiger partial charge in [0.2, 0.25) is 0 Å². The van der Waals surface area contributed by atoms with E-state index in [0.717, 1.165) is 48.3 Å². The molecule has 1 N–H and O–H groups in total. The highest BCUT2D eigenvalue weighted by molar-refractivity contribution is 5.76. The van der Waals surface area contributed by atoms with Crippen LogP contribution in [-0.4, -0.2) is 43.8 Å². The lowest BCUT2D eigenvalue weighted by Crippen LogP contribution is -2.31. The fourth-order valence-electron chi connectivity index (χ4n) is 3.36. The predicted octanol–water partition coefficient (Wildman–Crippen LogP) is 2.35. The number of rotatable bonds is 4. The van der Waals surface area contributed by atoms with Gasteiger partial charge in [-0.2, -0.15) is 5.10 Å². The van der Waals surface area contributed by atoms with Gasteiger partial charge in [-0.3, -0.25) is 4.90 Å². The monoisotopic (exact) mass is 308 g/mol. The van der Waals surface area contributed by atoms with Gasteiger partial charge in [-0.15, -0.1) is 0 Å². The van der Waals surface area contributed by atoms with E-state index in [0.29, 0.717) is 0 Å². The van der Waals surface area contributed by atoms with E-state index < -0.39 is 0 Å². The number of hydrogen-bond donors (Lipinski definition) is 1. The van der Waals surface area contributed by atoms with Crippen LogP contribution in [0.5, 0.6) is 0 Å². The molecule has 4 rings (SSSR count).